The summed E-state index contributed by atoms with van der Waals surface area (Å²) in [6.07, 6.45) is 2.43. The van der Waals surface area contributed by atoms with Crippen molar-refractivity contribution in [1.82, 2.24) is 5.16 Å². The van der Waals surface area contributed by atoms with Crippen molar-refractivity contribution in [3.8, 4) is 11.1 Å². The molecule has 4 N–H and O–H groups in total. The highest BCUT2D eigenvalue weighted by molar-refractivity contribution is 5.77. The first-order chi connectivity index (χ1) is 10.0. The van der Waals surface area contributed by atoms with Crippen LogP contribution in [-0.2, 0) is 0 Å². The van der Waals surface area contributed by atoms with E-state index in [4.69, 9.17) is 10.3 Å². The van der Waals surface area contributed by atoms with Crippen LogP contribution in [0.3, 0.4) is 0 Å². The Kier molecular flexibility index (Phi) is 3.59. The minimum Gasteiger partial charge on any atom is -0.397 e. The molecular weight excluding hydrogens is 266 g/mol. The number of aryl methyl sites for hydroxylation is 2. The maximum Gasteiger partial charge on any atom is 0.141 e. The highest BCUT2D eigenvalue weighted by atomic mass is 16.5. The summed E-state index contributed by atoms with van der Waals surface area (Å²) in [6, 6.07) is 6.25. The van der Waals surface area contributed by atoms with Crippen LogP contribution in [0, 0.1) is 13.8 Å². The summed E-state index contributed by atoms with van der Waals surface area (Å²) in [5.41, 5.74) is 10.7. The fourth-order valence-electron chi connectivity index (χ4n) is 3.05. The van der Waals surface area contributed by atoms with Gasteiger partial charge in [0.15, 0.2) is 0 Å². The van der Waals surface area contributed by atoms with E-state index in [9.17, 15) is 5.11 Å². The van der Waals surface area contributed by atoms with Gasteiger partial charge in [0.1, 0.15) is 5.76 Å². The molecule has 0 amide bonds. The number of nitrogens with one attached hydrogen (secondary N) is 1. The Balaban J connectivity index is 1.83. The van der Waals surface area contributed by atoms with E-state index in [1.54, 1.807) is 0 Å². The Morgan fingerprint density at radius 1 is 1.33 bits per heavy atom. The van der Waals surface area contributed by atoms with Crippen molar-refractivity contribution in [2.75, 3.05) is 11.1 Å². The van der Waals surface area contributed by atoms with Crippen molar-refractivity contribution >= 4 is 11.4 Å². The maximum atomic E-state index is 9.59. The molecule has 1 aliphatic carbocycles. The number of aliphatic hydroxyl groups is 1. The number of nitrogens with zero attached hydrogens (tertiary/aromatic N) is 1. The number of aliphatic hydroxyl groups excluding tert-OH is 1. The molecule has 3 rings (SSSR count). The summed E-state index contributed by atoms with van der Waals surface area (Å²) < 4.78 is 5.20. The number of aromatic nitrogens is 1. The summed E-state index contributed by atoms with van der Waals surface area (Å²) in [6.45, 7) is 3.83. The zero-order valence-electron chi connectivity index (χ0n) is 12.4. The smallest absolute Gasteiger partial charge is 0.141 e. The lowest BCUT2D eigenvalue weighted by Gasteiger charge is -2.16. The molecule has 112 valence electrons. The fraction of sp³-hybridized carbons (Fsp3) is 0.438. The molecule has 5 heteroatoms. The average molecular weight is 287 g/mol. The molecule has 1 aromatic carbocycles. The van der Waals surface area contributed by atoms with Crippen LogP contribution in [0.15, 0.2) is 22.7 Å². The van der Waals surface area contributed by atoms with Crippen LogP contribution in [-0.4, -0.2) is 22.4 Å². The van der Waals surface area contributed by atoms with Crippen molar-refractivity contribution in [3.63, 3.8) is 0 Å². The number of anilines is 2. The van der Waals surface area contributed by atoms with Crippen molar-refractivity contribution in [2.45, 2.75) is 45.3 Å². The lowest BCUT2D eigenvalue weighted by molar-refractivity contribution is 0.182. The topological polar surface area (TPSA) is 84.3 Å². The number of rotatable bonds is 3. The van der Waals surface area contributed by atoms with Crippen LogP contribution in [0.5, 0.6) is 0 Å². The molecule has 0 spiro atoms. The summed E-state index contributed by atoms with van der Waals surface area (Å²) in [5, 5.41) is 17.0. The zero-order valence-corrected chi connectivity index (χ0v) is 12.4. The summed E-state index contributed by atoms with van der Waals surface area (Å²) in [5.74, 6) is 0.798. The first-order valence-electron chi connectivity index (χ1n) is 7.32. The second kappa shape index (κ2) is 5.41. The molecule has 2 aromatic rings. The molecule has 1 unspecified atom stereocenters. The first kappa shape index (κ1) is 13.9. The van der Waals surface area contributed by atoms with E-state index in [0.29, 0.717) is 11.7 Å². The number of nitrogen functional groups attached to an aromatic ring is 1. The van der Waals surface area contributed by atoms with Gasteiger partial charge in [-0.3, -0.25) is 0 Å². The average Bonchev–Trinajstić information content (AvgIpc) is 2.99. The minimum absolute atomic E-state index is 0.190. The molecule has 1 fully saturated rings. The Morgan fingerprint density at radius 2 is 2.14 bits per heavy atom. The standard InChI is InChI=1S/C16H21N3O2/c1-9-16(10(2)21-19-9)11-3-6-15(14(17)7-11)18-12-4-5-13(20)8-12/h3,6-7,12-13,18,20H,4-5,8,17H2,1-2H3/t12-,13?/m1/s1. The molecule has 0 bridgehead atoms. The largest absolute Gasteiger partial charge is 0.397 e. The lowest BCUT2D eigenvalue weighted by atomic mass is 10.0. The van der Waals surface area contributed by atoms with Crippen molar-refractivity contribution in [3.05, 3.63) is 29.7 Å². The van der Waals surface area contributed by atoms with Crippen LogP contribution >= 0.6 is 0 Å². The van der Waals surface area contributed by atoms with Crippen LogP contribution in [0.4, 0.5) is 11.4 Å². The Morgan fingerprint density at radius 3 is 2.71 bits per heavy atom. The quantitative estimate of drug-likeness (QED) is 0.756. The number of nitrogens with two attached hydrogens (primary N) is 1. The fourth-order valence-corrected chi connectivity index (χ4v) is 3.05. The van der Waals surface area contributed by atoms with Gasteiger partial charge in [0, 0.05) is 11.6 Å². The van der Waals surface area contributed by atoms with Crippen LogP contribution < -0.4 is 11.1 Å². The van der Waals surface area contributed by atoms with Crippen molar-refractivity contribution in [2.24, 2.45) is 0 Å². The van der Waals surface area contributed by atoms with Gasteiger partial charge in [-0.05, 0) is 50.8 Å². The highest BCUT2D eigenvalue weighted by Gasteiger charge is 2.23. The molecule has 21 heavy (non-hydrogen) atoms. The van der Waals surface area contributed by atoms with Gasteiger partial charge in [-0.2, -0.15) is 0 Å². The Labute approximate surface area is 124 Å². The first-order valence-corrected chi connectivity index (χ1v) is 7.32. The molecule has 2 atom stereocenters. The molecule has 0 saturated heterocycles. The van der Waals surface area contributed by atoms with Crippen molar-refractivity contribution < 1.29 is 9.63 Å². The predicted octanol–water partition coefficient (Wildman–Crippen LogP) is 2.87. The van der Waals surface area contributed by atoms with Crippen molar-refractivity contribution in [1.29, 1.82) is 0 Å². The number of hydrogen-bond donors (Lipinski definition) is 3. The number of benzene rings is 1. The highest BCUT2D eigenvalue weighted by Crippen LogP contribution is 2.32. The second-order valence-electron chi connectivity index (χ2n) is 5.81. The van der Waals surface area contributed by atoms with E-state index in [-0.39, 0.29) is 6.10 Å². The van der Waals surface area contributed by atoms with Crippen LogP contribution in [0.2, 0.25) is 0 Å². The molecule has 1 aromatic heterocycles. The van der Waals surface area contributed by atoms with Gasteiger partial charge in [0.05, 0.1) is 23.2 Å². The van der Waals surface area contributed by atoms with Gasteiger partial charge in [-0.15, -0.1) is 0 Å². The third-order valence-electron chi connectivity index (χ3n) is 4.14. The molecule has 1 heterocycles. The molecule has 1 aliphatic rings. The third kappa shape index (κ3) is 2.74. The van der Waals surface area contributed by atoms with Gasteiger partial charge < -0.3 is 20.7 Å². The molecule has 0 aliphatic heterocycles. The molecule has 5 nitrogen and oxygen atoms in total. The summed E-state index contributed by atoms with van der Waals surface area (Å²) in [7, 11) is 0. The maximum absolute atomic E-state index is 9.59. The van der Waals surface area contributed by atoms with Crippen LogP contribution in [0.25, 0.3) is 11.1 Å². The predicted molar refractivity (Wildman–Crippen MR) is 83.1 cm³/mol. The summed E-state index contributed by atoms with van der Waals surface area (Å²) in [4.78, 5) is 0. The normalized spacial score (nSPS) is 21.7. The van der Waals surface area contributed by atoms with E-state index in [0.717, 1.165) is 47.5 Å². The van der Waals surface area contributed by atoms with Gasteiger partial charge in [-0.25, -0.2) is 0 Å². The second-order valence-corrected chi connectivity index (χ2v) is 5.81. The van der Waals surface area contributed by atoms with Gasteiger partial charge in [0.2, 0.25) is 0 Å². The SMILES string of the molecule is Cc1noc(C)c1-c1ccc(N[C@@H]2CCC(O)C2)c(N)c1. The Hall–Kier alpha value is -2.01. The van der Waals surface area contributed by atoms with E-state index < -0.39 is 0 Å². The third-order valence-corrected chi connectivity index (χ3v) is 4.14. The van der Waals surface area contributed by atoms with Gasteiger partial charge in [-0.1, -0.05) is 11.2 Å². The monoisotopic (exact) mass is 287 g/mol. The molecular formula is C16H21N3O2. The zero-order chi connectivity index (χ0) is 15.0. The molecule has 0 radical (unpaired) electrons. The molecule has 1 saturated carbocycles. The number of hydrogen-bond acceptors (Lipinski definition) is 5. The van der Waals surface area contributed by atoms with Gasteiger partial charge in [0.25, 0.3) is 0 Å². The van der Waals surface area contributed by atoms with E-state index in [1.165, 1.54) is 0 Å². The van der Waals surface area contributed by atoms with Gasteiger partial charge >= 0.3 is 0 Å². The Bertz CT molecular complexity index is 631. The lowest BCUT2D eigenvalue weighted by Crippen LogP contribution is -2.17. The minimum atomic E-state index is -0.190. The van der Waals surface area contributed by atoms with E-state index in [2.05, 4.69) is 10.5 Å². The van der Waals surface area contributed by atoms with Crippen LogP contribution in [0.1, 0.15) is 30.7 Å². The summed E-state index contributed by atoms with van der Waals surface area (Å²) >= 11 is 0. The van der Waals surface area contributed by atoms with E-state index >= 15 is 0 Å². The van der Waals surface area contributed by atoms with E-state index in [1.807, 2.05) is 32.0 Å².